The van der Waals surface area contributed by atoms with Crippen molar-refractivity contribution in [1.29, 1.82) is 0 Å². The molecular formula is C14H23NO2. The number of amides is 1. The van der Waals surface area contributed by atoms with Gasteiger partial charge in [0.15, 0.2) is 0 Å². The number of ether oxygens (including phenoxy) is 1. The lowest BCUT2D eigenvalue weighted by Gasteiger charge is -2.35. The molecule has 1 unspecified atom stereocenters. The highest BCUT2D eigenvalue weighted by atomic mass is 16.6. The van der Waals surface area contributed by atoms with Crippen molar-refractivity contribution in [3.8, 4) is 0 Å². The topological polar surface area (TPSA) is 29.5 Å². The average molecular weight is 237 g/mol. The summed E-state index contributed by atoms with van der Waals surface area (Å²) in [6, 6.07) is 0. The van der Waals surface area contributed by atoms with Crippen LogP contribution in [0.5, 0.6) is 0 Å². The van der Waals surface area contributed by atoms with Crippen LogP contribution in [0.1, 0.15) is 40.0 Å². The fourth-order valence-corrected chi connectivity index (χ4v) is 2.40. The van der Waals surface area contributed by atoms with Crippen LogP contribution >= 0.6 is 0 Å². The van der Waals surface area contributed by atoms with Gasteiger partial charge in [0, 0.05) is 19.0 Å². The molecule has 2 fully saturated rings. The number of nitrogens with zero attached hydrogens (tertiary/aromatic N) is 1. The van der Waals surface area contributed by atoms with E-state index in [0.717, 1.165) is 25.4 Å². The standard InChI is InChI=1S/C14H23NO2/c1-10-7-8-15(9-12(10)11-5-6-11)13(16)17-14(2,3)4/h11-12H,1,5-9H2,2-4H3. The Bertz CT molecular complexity index is 326. The monoisotopic (exact) mass is 237 g/mol. The molecule has 1 saturated heterocycles. The van der Waals surface area contributed by atoms with Crippen molar-refractivity contribution in [3.05, 3.63) is 12.2 Å². The minimum atomic E-state index is -0.402. The number of hydrogen-bond donors (Lipinski definition) is 0. The molecule has 2 aliphatic rings. The Balaban J connectivity index is 1.93. The second kappa shape index (κ2) is 4.35. The number of carbonyl (C=O) groups excluding carboxylic acids is 1. The molecule has 96 valence electrons. The molecule has 1 saturated carbocycles. The fraction of sp³-hybridized carbons (Fsp3) is 0.786. The van der Waals surface area contributed by atoms with Gasteiger partial charge in [-0.05, 0) is 46.0 Å². The maximum absolute atomic E-state index is 12.0. The summed E-state index contributed by atoms with van der Waals surface area (Å²) in [5.74, 6) is 1.28. The van der Waals surface area contributed by atoms with Gasteiger partial charge < -0.3 is 9.64 Å². The molecule has 0 aromatic heterocycles. The van der Waals surface area contributed by atoms with Gasteiger partial charge in [0.2, 0.25) is 0 Å². The van der Waals surface area contributed by atoms with Gasteiger partial charge in [-0.2, -0.15) is 0 Å². The summed E-state index contributed by atoms with van der Waals surface area (Å²) in [5.41, 5.74) is 0.924. The Morgan fingerprint density at radius 3 is 2.59 bits per heavy atom. The molecule has 17 heavy (non-hydrogen) atoms. The van der Waals surface area contributed by atoms with E-state index < -0.39 is 5.60 Å². The molecule has 0 radical (unpaired) electrons. The number of piperidine rings is 1. The van der Waals surface area contributed by atoms with Crippen molar-refractivity contribution in [2.45, 2.75) is 45.6 Å². The van der Waals surface area contributed by atoms with Gasteiger partial charge in [-0.25, -0.2) is 4.79 Å². The summed E-state index contributed by atoms with van der Waals surface area (Å²) in [4.78, 5) is 13.8. The first-order chi connectivity index (χ1) is 7.87. The van der Waals surface area contributed by atoms with Crippen molar-refractivity contribution in [2.75, 3.05) is 13.1 Å². The normalized spacial score (nSPS) is 25.9. The first kappa shape index (κ1) is 12.5. The fourth-order valence-electron chi connectivity index (χ4n) is 2.40. The van der Waals surface area contributed by atoms with Gasteiger partial charge in [0.25, 0.3) is 0 Å². The SMILES string of the molecule is C=C1CCN(C(=O)OC(C)(C)C)CC1C1CC1. The van der Waals surface area contributed by atoms with Crippen molar-refractivity contribution < 1.29 is 9.53 Å². The Labute approximate surface area is 104 Å². The van der Waals surface area contributed by atoms with Gasteiger partial charge in [-0.15, -0.1) is 0 Å². The molecule has 1 amide bonds. The largest absolute Gasteiger partial charge is 0.444 e. The van der Waals surface area contributed by atoms with E-state index in [0.29, 0.717) is 5.92 Å². The van der Waals surface area contributed by atoms with E-state index in [1.807, 2.05) is 25.7 Å². The van der Waals surface area contributed by atoms with E-state index >= 15 is 0 Å². The predicted molar refractivity (Wildman–Crippen MR) is 67.8 cm³/mol. The Morgan fingerprint density at radius 2 is 2.06 bits per heavy atom. The Kier molecular flexibility index (Phi) is 3.19. The van der Waals surface area contributed by atoms with E-state index in [9.17, 15) is 4.79 Å². The molecule has 3 heteroatoms. The third-order valence-electron chi connectivity index (χ3n) is 3.49. The lowest BCUT2D eigenvalue weighted by molar-refractivity contribution is 0.0196. The van der Waals surface area contributed by atoms with Crippen LogP contribution in [-0.4, -0.2) is 29.7 Å². The Hall–Kier alpha value is -0.990. The molecule has 1 aliphatic carbocycles. The van der Waals surface area contributed by atoms with Crippen molar-refractivity contribution in [3.63, 3.8) is 0 Å². The minimum absolute atomic E-state index is 0.171. The summed E-state index contributed by atoms with van der Waals surface area (Å²) in [5, 5.41) is 0. The molecule has 0 aromatic carbocycles. The van der Waals surface area contributed by atoms with Crippen molar-refractivity contribution in [2.24, 2.45) is 11.8 Å². The van der Waals surface area contributed by atoms with Crippen molar-refractivity contribution in [1.82, 2.24) is 4.90 Å². The van der Waals surface area contributed by atoms with E-state index in [2.05, 4.69) is 6.58 Å². The first-order valence-electron chi connectivity index (χ1n) is 6.52. The summed E-state index contributed by atoms with van der Waals surface area (Å²) in [7, 11) is 0. The molecule has 3 nitrogen and oxygen atoms in total. The minimum Gasteiger partial charge on any atom is -0.444 e. The summed E-state index contributed by atoms with van der Waals surface area (Å²) in [6.45, 7) is 11.4. The van der Waals surface area contributed by atoms with Gasteiger partial charge in [-0.3, -0.25) is 0 Å². The highest BCUT2D eigenvalue weighted by molar-refractivity contribution is 5.68. The van der Waals surface area contributed by atoms with Crippen LogP contribution in [0.15, 0.2) is 12.2 Å². The third-order valence-corrected chi connectivity index (χ3v) is 3.49. The highest BCUT2D eigenvalue weighted by Gasteiger charge is 2.38. The van der Waals surface area contributed by atoms with Gasteiger partial charge in [0.05, 0.1) is 0 Å². The number of hydrogen-bond acceptors (Lipinski definition) is 2. The van der Waals surface area contributed by atoms with Crippen LogP contribution < -0.4 is 0 Å². The van der Waals surface area contributed by atoms with E-state index in [4.69, 9.17) is 4.74 Å². The van der Waals surface area contributed by atoms with Gasteiger partial charge in [0.1, 0.15) is 5.60 Å². The average Bonchev–Trinajstić information content (AvgIpc) is 2.99. The maximum Gasteiger partial charge on any atom is 0.410 e. The lowest BCUT2D eigenvalue weighted by Crippen LogP contribution is -2.44. The molecule has 0 N–H and O–H groups in total. The molecule has 0 bridgehead atoms. The molecular weight excluding hydrogens is 214 g/mol. The molecule has 1 heterocycles. The quantitative estimate of drug-likeness (QED) is 0.655. The van der Waals surface area contributed by atoms with E-state index in [1.165, 1.54) is 18.4 Å². The zero-order valence-electron chi connectivity index (χ0n) is 11.2. The van der Waals surface area contributed by atoms with E-state index in [-0.39, 0.29) is 6.09 Å². The van der Waals surface area contributed by atoms with E-state index in [1.54, 1.807) is 0 Å². The predicted octanol–water partition coefficient (Wildman–Crippen LogP) is 3.21. The molecule has 1 atom stereocenters. The lowest BCUT2D eigenvalue weighted by atomic mass is 9.89. The van der Waals surface area contributed by atoms with Crippen LogP contribution in [0.25, 0.3) is 0 Å². The van der Waals surface area contributed by atoms with Crippen LogP contribution in [-0.2, 0) is 4.74 Å². The number of carbonyl (C=O) groups is 1. The van der Waals surface area contributed by atoms with Gasteiger partial charge in [-0.1, -0.05) is 12.2 Å². The first-order valence-corrected chi connectivity index (χ1v) is 6.52. The second-order valence-corrected chi connectivity index (χ2v) is 6.28. The number of rotatable bonds is 1. The number of likely N-dealkylation sites (tertiary alicyclic amines) is 1. The zero-order chi connectivity index (χ0) is 12.6. The van der Waals surface area contributed by atoms with Crippen molar-refractivity contribution >= 4 is 6.09 Å². The summed E-state index contributed by atoms with van der Waals surface area (Å²) < 4.78 is 5.42. The highest BCUT2D eigenvalue weighted by Crippen LogP contribution is 2.42. The van der Waals surface area contributed by atoms with Crippen LogP contribution in [0, 0.1) is 11.8 Å². The third kappa shape index (κ3) is 3.24. The zero-order valence-corrected chi connectivity index (χ0v) is 11.2. The molecule has 2 rings (SSSR count). The Morgan fingerprint density at radius 1 is 1.41 bits per heavy atom. The van der Waals surface area contributed by atoms with Crippen LogP contribution in [0.2, 0.25) is 0 Å². The molecule has 0 spiro atoms. The van der Waals surface area contributed by atoms with Crippen LogP contribution in [0.4, 0.5) is 4.79 Å². The molecule has 0 aromatic rings. The van der Waals surface area contributed by atoms with Crippen LogP contribution in [0.3, 0.4) is 0 Å². The maximum atomic E-state index is 12.0. The summed E-state index contributed by atoms with van der Waals surface area (Å²) in [6.07, 6.45) is 3.36. The molecule has 1 aliphatic heterocycles. The van der Waals surface area contributed by atoms with Gasteiger partial charge >= 0.3 is 6.09 Å². The summed E-state index contributed by atoms with van der Waals surface area (Å²) >= 11 is 0. The smallest absolute Gasteiger partial charge is 0.410 e. The second-order valence-electron chi connectivity index (χ2n) is 6.28.